The summed E-state index contributed by atoms with van der Waals surface area (Å²) in [5.41, 5.74) is 3.35. The van der Waals surface area contributed by atoms with Gasteiger partial charge in [0.25, 0.3) is 11.8 Å². The largest absolute Gasteiger partial charge is 0.497 e. The van der Waals surface area contributed by atoms with Gasteiger partial charge in [0.05, 0.1) is 18.4 Å². The number of hydrogen-bond acceptors (Lipinski definition) is 4. The lowest BCUT2D eigenvalue weighted by Crippen LogP contribution is -2.21. The highest BCUT2D eigenvalue weighted by molar-refractivity contribution is 6.09. The third-order valence-electron chi connectivity index (χ3n) is 4.53. The van der Waals surface area contributed by atoms with Crippen LogP contribution < -0.4 is 20.1 Å². The summed E-state index contributed by atoms with van der Waals surface area (Å²) in [5, 5.41) is 5.36. The second-order valence-corrected chi connectivity index (χ2v) is 6.75. The maximum Gasteiger partial charge on any atom is 0.255 e. The van der Waals surface area contributed by atoms with Crippen molar-refractivity contribution in [3.8, 4) is 11.5 Å². The first-order valence-corrected chi connectivity index (χ1v) is 9.50. The van der Waals surface area contributed by atoms with Gasteiger partial charge in [-0.2, -0.15) is 0 Å². The number of carbonyl (C=O) groups is 2. The minimum atomic E-state index is -0.341. The van der Waals surface area contributed by atoms with E-state index in [-0.39, 0.29) is 11.8 Å². The zero-order valence-electron chi connectivity index (χ0n) is 17.2. The standard InChI is InChI=1S/C24H24N2O4/c1-16-6-4-7-17(12-16)15-30-20-9-5-8-18(13-20)23(27)26-22-11-10-19(29-3)14-21(22)24(28)25-2/h4-14H,15H2,1-3H3,(H,25,28)(H,26,27). The number of rotatable bonds is 7. The molecule has 0 spiro atoms. The molecule has 0 fully saturated rings. The molecule has 0 aliphatic heterocycles. The Hall–Kier alpha value is -3.80. The molecule has 3 rings (SSSR count). The van der Waals surface area contributed by atoms with Gasteiger partial charge in [-0.15, -0.1) is 0 Å². The van der Waals surface area contributed by atoms with Crippen LogP contribution in [0.25, 0.3) is 0 Å². The van der Waals surface area contributed by atoms with Gasteiger partial charge in [0, 0.05) is 12.6 Å². The summed E-state index contributed by atoms with van der Waals surface area (Å²) in [6.07, 6.45) is 0. The Labute approximate surface area is 175 Å². The van der Waals surface area contributed by atoms with Gasteiger partial charge in [-0.25, -0.2) is 0 Å². The smallest absolute Gasteiger partial charge is 0.255 e. The Kier molecular flexibility index (Phi) is 6.70. The summed E-state index contributed by atoms with van der Waals surface area (Å²) in [7, 11) is 3.05. The molecule has 0 saturated carbocycles. The highest BCUT2D eigenvalue weighted by Crippen LogP contribution is 2.23. The predicted molar refractivity (Wildman–Crippen MR) is 116 cm³/mol. The van der Waals surface area contributed by atoms with Gasteiger partial charge in [-0.3, -0.25) is 9.59 Å². The average Bonchev–Trinajstić information content (AvgIpc) is 2.77. The molecule has 0 saturated heterocycles. The number of nitrogens with one attached hydrogen (secondary N) is 2. The van der Waals surface area contributed by atoms with Gasteiger partial charge in [-0.05, 0) is 48.9 Å². The molecule has 3 aromatic carbocycles. The van der Waals surface area contributed by atoms with Crippen LogP contribution in [-0.2, 0) is 6.61 Å². The molecule has 0 heterocycles. The van der Waals surface area contributed by atoms with Gasteiger partial charge in [0.15, 0.2) is 0 Å². The SMILES string of the molecule is CNC(=O)c1cc(OC)ccc1NC(=O)c1cccc(OCc2cccc(C)c2)c1. The first kappa shape index (κ1) is 20.9. The van der Waals surface area contributed by atoms with Crippen LogP contribution in [0.1, 0.15) is 31.8 Å². The summed E-state index contributed by atoms with van der Waals surface area (Å²) < 4.78 is 11.0. The Morgan fingerprint density at radius 2 is 1.70 bits per heavy atom. The summed E-state index contributed by atoms with van der Waals surface area (Å²) in [4.78, 5) is 25.0. The van der Waals surface area contributed by atoms with Crippen molar-refractivity contribution in [3.05, 3.63) is 89.0 Å². The lowest BCUT2D eigenvalue weighted by molar-refractivity contribution is 0.0963. The van der Waals surface area contributed by atoms with Crippen LogP contribution in [0.15, 0.2) is 66.7 Å². The maximum absolute atomic E-state index is 12.8. The zero-order valence-corrected chi connectivity index (χ0v) is 17.2. The van der Waals surface area contributed by atoms with Crippen molar-refractivity contribution in [1.29, 1.82) is 0 Å². The van der Waals surface area contributed by atoms with Crippen LogP contribution in [0, 0.1) is 6.92 Å². The molecule has 6 heteroatoms. The van der Waals surface area contributed by atoms with Crippen molar-refractivity contribution in [2.75, 3.05) is 19.5 Å². The number of benzene rings is 3. The molecule has 0 bridgehead atoms. The first-order chi connectivity index (χ1) is 14.5. The van der Waals surface area contributed by atoms with Crippen LogP contribution in [0.3, 0.4) is 0 Å². The second-order valence-electron chi connectivity index (χ2n) is 6.75. The number of carbonyl (C=O) groups excluding carboxylic acids is 2. The third-order valence-corrected chi connectivity index (χ3v) is 4.53. The minimum Gasteiger partial charge on any atom is -0.497 e. The van der Waals surface area contributed by atoms with E-state index in [1.54, 1.807) is 42.5 Å². The molecule has 30 heavy (non-hydrogen) atoms. The summed E-state index contributed by atoms with van der Waals surface area (Å²) in [6.45, 7) is 2.44. The average molecular weight is 404 g/mol. The Morgan fingerprint density at radius 3 is 2.43 bits per heavy atom. The molecule has 3 aromatic rings. The van der Waals surface area contributed by atoms with E-state index in [0.29, 0.717) is 34.9 Å². The van der Waals surface area contributed by atoms with E-state index in [2.05, 4.69) is 16.7 Å². The number of amides is 2. The van der Waals surface area contributed by atoms with E-state index < -0.39 is 0 Å². The highest BCUT2D eigenvalue weighted by atomic mass is 16.5. The number of hydrogen-bond donors (Lipinski definition) is 2. The van der Waals surface area contributed by atoms with Crippen LogP contribution in [0.5, 0.6) is 11.5 Å². The predicted octanol–water partition coefficient (Wildman–Crippen LogP) is 4.19. The van der Waals surface area contributed by atoms with E-state index in [0.717, 1.165) is 11.1 Å². The monoisotopic (exact) mass is 404 g/mol. The Bertz CT molecular complexity index is 1060. The fourth-order valence-electron chi connectivity index (χ4n) is 2.97. The van der Waals surface area contributed by atoms with E-state index in [4.69, 9.17) is 9.47 Å². The summed E-state index contributed by atoms with van der Waals surface area (Å²) in [6, 6.07) is 19.9. The van der Waals surface area contributed by atoms with Gasteiger partial charge in [-0.1, -0.05) is 35.9 Å². The van der Waals surface area contributed by atoms with Crippen molar-refractivity contribution < 1.29 is 19.1 Å². The first-order valence-electron chi connectivity index (χ1n) is 9.50. The molecular formula is C24H24N2O4. The van der Waals surface area contributed by atoms with Crippen molar-refractivity contribution in [2.24, 2.45) is 0 Å². The fourth-order valence-corrected chi connectivity index (χ4v) is 2.97. The molecule has 0 atom stereocenters. The van der Waals surface area contributed by atoms with Crippen molar-refractivity contribution in [1.82, 2.24) is 5.32 Å². The molecule has 2 N–H and O–H groups in total. The molecular weight excluding hydrogens is 380 g/mol. The minimum absolute atomic E-state index is 0.317. The van der Waals surface area contributed by atoms with Crippen LogP contribution in [-0.4, -0.2) is 26.0 Å². The fraction of sp³-hybridized carbons (Fsp3) is 0.167. The lowest BCUT2D eigenvalue weighted by Gasteiger charge is -2.13. The topological polar surface area (TPSA) is 76.7 Å². The van der Waals surface area contributed by atoms with E-state index in [1.165, 1.54) is 14.2 Å². The van der Waals surface area contributed by atoms with Crippen molar-refractivity contribution >= 4 is 17.5 Å². The normalized spacial score (nSPS) is 10.2. The van der Waals surface area contributed by atoms with Crippen molar-refractivity contribution in [3.63, 3.8) is 0 Å². The van der Waals surface area contributed by atoms with Gasteiger partial charge in [0.2, 0.25) is 0 Å². The molecule has 0 aliphatic carbocycles. The summed E-state index contributed by atoms with van der Waals surface area (Å²) in [5.74, 6) is 0.453. The number of anilines is 1. The van der Waals surface area contributed by atoms with Gasteiger partial charge >= 0.3 is 0 Å². The Morgan fingerprint density at radius 1 is 0.900 bits per heavy atom. The molecule has 0 radical (unpaired) electrons. The number of methoxy groups -OCH3 is 1. The van der Waals surface area contributed by atoms with E-state index >= 15 is 0 Å². The molecule has 154 valence electrons. The third kappa shape index (κ3) is 5.17. The quantitative estimate of drug-likeness (QED) is 0.619. The number of aryl methyl sites for hydroxylation is 1. The van der Waals surface area contributed by atoms with Gasteiger partial charge in [0.1, 0.15) is 18.1 Å². The molecule has 0 unspecified atom stereocenters. The molecule has 2 amide bonds. The zero-order chi connectivity index (χ0) is 21.5. The van der Waals surface area contributed by atoms with E-state index in [1.807, 2.05) is 25.1 Å². The van der Waals surface area contributed by atoms with Crippen LogP contribution >= 0.6 is 0 Å². The Balaban J connectivity index is 1.75. The maximum atomic E-state index is 12.8. The van der Waals surface area contributed by atoms with Crippen molar-refractivity contribution in [2.45, 2.75) is 13.5 Å². The van der Waals surface area contributed by atoms with E-state index in [9.17, 15) is 9.59 Å². The molecule has 6 nitrogen and oxygen atoms in total. The molecule has 0 aromatic heterocycles. The lowest BCUT2D eigenvalue weighted by atomic mass is 10.1. The molecule has 0 aliphatic rings. The number of ether oxygens (including phenoxy) is 2. The second kappa shape index (κ2) is 9.60. The van der Waals surface area contributed by atoms with Gasteiger partial charge < -0.3 is 20.1 Å². The highest BCUT2D eigenvalue weighted by Gasteiger charge is 2.15. The summed E-state index contributed by atoms with van der Waals surface area (Å²) >= 11 is 0. The van der Waals surface area contributed by atoms with Crippen LogP contribution in [0.2, 0.25) is 0 Å². The van der Waals surface area contributed by atoms with Crippen LogP contribution in [0.4, 0.5) is 5.69 Å².